The van der Waals surface area contributed by atoms with Crippen molar-refractivity contribution in [3.63, 3.8) is 0 Å². The van der Waals surface area contributed by atoms with E-state index in [0.717, 1.165) is 0 Å². The smallest absolute Gasteiger partial charge is 0.338 e. The maximum atomic E-state index is 13.6. The summed E-state index contributed by atoms with van der Waals surface area (Å²) in [6.07, 6.45) is -1.29. The Morgan fingerprint density at radius 2 is 1.32 bits per heavy atom. The number of nitro groups is 1. The minimum Gasteiger partial charge on any atom is -0.497 e. The van der Waals surface area contributed by atoms with Crippen LogP contribution < -0.4 is 23.7 Å². The van der Waals surface area contributed by atoms with Crippen LogP contribution in [-0.4, -0.2) is 51.5 Å². The SMILES string of the molecule is COc1ccc([C@@]2(O)[C@H](c3cc(OC)cc(OC)c3)c3c(OC)cc(OC)cc3[C@H]2OC(=O)c2ccc([N+](=O)[O-])cc2)cc1. The van der Waals surface area contributed by atoms with Crippen molar-refractivity contribution >= 4 is 11.7 Å². The van der Waals surface area contributed by atoms with Gasteiger partial charge in [-0.2, -0.15) is 0 Å². The van der Waals surface area contributed by atoms with Gasteiger partial charge in [-0.15, -0.1) is 0 Å². The zero-order chi connectivity index (χ0) is 31.6. The number of esters is 1. The molecule has 228 valence electrons. The molecular weight excluding hydrogens is 570 g/mol. The van der Waals surface area contributed by atoms with Crippen molar-refractivity contribution in [3.8, 4) is 28.7 Å². The number of aliphatic hydroxyl groups is 1. The van der Waals surface area contributed by atoms with E-state index >= 15 is 0 Å². The fourth-order valence-electron chi connectivity index (χ4n) is 5.68. The number of hydrogen-bond acceptors (Lipinski definition) is 10. The first-order chi connectivity index (χ1) is 21.2. The maximum Gasteiger partial charge on any atom is 0.338 e. The Bertz CT molecular complexity index is 1660. The van der Waals surface area contributed by atoms with Gasteiger partial charge in [-0.05, 0) is 53.6 Å². The zero-order valence-corrected chi connectivity index (χ0v) is 24.7. The molecule has 0 fully saturated rings. The molecule has 0 radical (unpaired) electrons. The number of carbonyl (C=O) groups is 1. The molecule has 0 aromatic heterocycles. The van der Waals surface area contributed by atoms with Gasteiger partial charge in [0.2, 0.25) is 0 Å². The highest BCUT2D eigenvalue weighted by Crippen LogP contribution is 2.61. The van der Waals surface area contributed by atoms with Gasteiger partial charge in [-0.3, -0.25) is 10.1 Å². The van der Waals surface area contributed by atoms with Gasteiger partial charge in [-0.25, -0.2) is 4.79 Å². The lowest BCUT2D eigenvalue weighted by Crippen LogP contribution is -2.37. The molecule has 0 amide bonds. The Hall–Kier alpha value is -5.29. The maximum absolute atomic E-state index is 13.6. The highest BCUT2D eigenvalue weighted by atomic mass is 16.6. The summed E-state index contributed by atoms with van der Waals surface area (Å²) in [6.45, 7) is 0. The molecule has 0 saturated heterocycles. The van der Waals surface area contributed by atoms with Crippen molar-refractivity contribution in [2.24, 2.45) is 0 Å². The molecule has 0 spiro atoms. The molecule has 3 atom stereocenters. The summed E-state index contributed by atoms with van der Waals surface area (Å²) in [5.74, 6) is 0.670. The van der Waals surface area contributed by atoms with Crippen LogP contribution in [-0.2, 0) is 10.3 Å². The number of methoxy groups -OCH3 is 5. The second kappa shape index (κ2) is 12.1. The summed E-state index contributed by atoms with van der Waals surface area (Å²) >= 11 is 0. The standard InChI is InChI=1S/C33H31NO10/c1-39-23-12-8-21(9-13-23)33(36)30(20-14-24(40-2)16-25(15-20)41-3)29-27(17-26(42-4)18-28(29)43-5)31(33)44-32(35)19-6-10-22(11-7-19)34(37)38/h6-18,30-31,36H,1-5H3/t30-,31-,33-/m1/s1. The lowest BCUT2D eigenvalue weighted by atomic mass is 9.76. The average molecular weight is 602 g/mol. The molecule has 1 N–H and O–H groups in total. The fourth-order valence-corrected chi connectivity index (χ4v) is 5.68. The van der Waals surface area contributed by atoms with Crippen LogP contribution in [0.5, 0.6) is 28.7 Å². The summed E-state index contributed by atoms with van der Waals surface area (Å²) in [7, 11) is 7.58. The predicted octanol–water partition coefficient (Wildman–Crippen LogP) is 5.57. The van der Waals surface area contributed by atoms with Crippen molar-refractivity contribution < 1.29 is 43.2 Å². The molecule has 4 aromatic carbocycles. The van der Waals surface area contributed by atoms with Crippen LogP contribution in [0.1, 0.15) is 44.6 Å². The zero-order valence-electron chi connectivity index (χ0n) is 24.7. The number of benzene rings is 4. The molecule has 1 aliphatic carbocycles. The largest absolute Gasteiger partial charge is 0.497 e. The fraction of sp³-hybridized carbons (Fsp3) is 0.242. The van der Waals surface area contributed by atoms with Crippen molar-refractivity contribution in [3.05, 3.63) is 117 Å². The molecule has 11 nitrogen and oxygen atoms in total. The van der Waals surface area contributed by atoms with Crippen LogP contribution in [0.2, 0.25) is 0 Å². The summed E-state index contributed by atoms with van der Waals surface area (Å²) in [5.41, 5.74) is -0.00581. The molecule has 1 aliphatic rings. The Morgan fingerprint density at radius 1 is 0.750 bits per heavy atom. The second-order valence-corrected chi connectivity index (χ2v) is 10.1. The van der Waals surface area contributed by atoms with Gasteiger partial charge in [0, 0.05) is 35.4 Å². The molecule has 0 bridgehead atoms. The van der Waals surface area contributed by atoms with E-state index in [4.69, 9.17) is 28.4 Å². The van der Waals surface area contributed by atoms with E-state index in [-0.39, 0.29) is 11.3 Å². The molecule has 5 rings (SSSR count). The van der Waals surface area contributed by atoms with Gasteiger partial charge in [0.25, 0.3) is 5.69 Å². The van der Waals surface area contributed by atoms with E-state index < -0.39 is 28.5 Å². The summed E-state index contributed by atoms with van der Waals surface area (Å²) in [5, 5.41) is 24.2. The van der Waals surface area contributed by atoms with Gasteiger partial charge in [0.1, 0.15) is 34.3 Å². The van der Waals surface area contributed by atoms with E-state index in [0.29, 0.717) is 51.0 Å². The third-order valence-corrected chi connectivity index (χ3v) is 7.81. The number of non-ortho nitro benzene ring substituents is 1. The number of hydrogen-bond donors (Lipinski definition) is 1. The molecule has 0 heterocycles. The van der Waals surface area contributed by atoms with E-state index in [1.165, 1.54) is 59.8 Å². The van der Waals surface area contributed by atoms with Crippen molar-refractivity contribution in [2.75, 3.05) is 35.5 Å². The van der Waals surface area contributed by atoms with E-state index in [1.54, 1.807) is 54.6 Å². The second-order valence-electron chi connectivity index (χ2n) is 10.1. The van der Waals surface area contributed by atoms with Crippen molar-refractivity contribution in [2.45, 2.75) is 17.6 Å². The molecule has 44 heavy (non-hydrogen) atoms. The lowest BCUT2D eigenvalue weighted by Gasteiger charge is -2.36. The number of fused-ring (bicyclic) bond motifs is 1. The molecule has 4 aromatic rings. The summed E-state index contributed by atoms with van der Waals surface area (Å²) < 4.78 is 34.0. The Kier molecular flexibility index (Phi) is 8.32. The Balaban J connectivity index is 1.77. The third-order valence-electron chi connectivity index (χ3n) is 7.81. The highest BCUT2D eigenvalue weighted by molar-refractivity contribution is 5.90. The van der Waals surface area contributed by atoms with E-state index in [2.05, 4.69) is 0 Å². The quantitative estimate of drug-likeness (QED) is 0.140. The molecular formula is C33H31NO10. The first-order valence-corrected chi connectivity index (χ1v) is 13.5. The van der Waals surface area contributed by atoms with Crippen LogP contribution in [0, 0.1) is 10.1 Å². The topological polar surface area (TPSA) is 136 Å². The minimum atomic E-state index is -1.91. The number of carbonyl (C=O) groups excluding carboxylic acids is 1. The average Bonchev–Trinajstić information content (AvgIpc) is 3.31. The summed E-state index contributed by atoms with van der Waals surface area (Å²) in [4.78, 5) is 24.3. The summed E-state index contributed by atoms with van der Waals surface area (Å²) in [6, 6.07) is 20.5. The van der Waals surface area contributed by atoms with Crippen LogP contribution in [0.15, 0.2) is 78.9 Å². The Labute approximate surface area is 253 Å². The molecule has 11 heteroatoms. The van der Waals surface area contributed by atoms with Gasteiger partial charge in [0.15, 0.2) is 6.10 Å². The predicted molar refractivity (Wildman–Crippen MR) is 159 cm³/mol. The molecule has 0 unspecified atom stereocenters. The van der Waals surface area contributed by atoms with Crippen molar-refractivity contribution in [1.82, 2.24) is 0 Å². The minimum absolute atomic E-state index is 0.0654. The van der Waals surface area contributed by atoms with Crippen LogP contribution in [0.25, 0.3) is 0 Å². The van der Waals surface area contributed by atoms with Crippen LogP contribution >= 0.6 is 0 Å². The van der Waals surface area contributed by atoms with E-state index in [9.17, 15) is 20.0 Å². The van der Waals surface area contributed by atoms with E-state index in [1.807, 2.05) is 0 Å². The Morgan fingerprint density at radius 3 is 1.84 bits per heavy atom. The molecule has 0 aliphatic heterocycles. The normalized spacial score (nSPS) is 18.6. The van der Waals surface area contributed by atoms with Gasteiger partial charge < -0.3 is 33.5 Å². The lowest BCUT2D eigenvalue weighted by molar-refractivity contribution is -0.384. The van der Waals surface area contributed by atoms with Crippen LogP contribution in [0.4, 0.5) is 5.69 Å². The number of nitrogens with zero attached hydrogens (tertiary/aromatic N) is 1. The highest BCUT2D eigenvalue weighted by Gasteiger charge is 2.58. The number of ether oxygens (including phenoxy) is 6. The van der Waals surface area contributed by atoms with Crippen molar-refractivity contribution in [1.29, 1.82) is 0 Å². The third kappa shape index (κ3) is 5.22. The first kappa shape index (κ1) is 30.2. The van der Waals surface area contributed by atoms with Gasteiger partial charge in [-0.1, -0.05) is 12.1 Å². The number of rotatable bonds is 10. The first-order valence-electron chi connectivity index (χ1n) is 13.5. The van der Waals surface area contributed by atoms with Gasteiger partial charge in [0.05, 0.1) is 52.0 Å². The van der Waals surface area contributed by atoms with Gasteiger partial charge >= 0.3 is 5.97 Å². The number of nitro benzene ring substituents is 1. The van der Waals surface area contributed by atoms with Crippen LogP contribution in [0.3, 0.4) is 0 Å². The monoisotopic (exact) mass is 601 g/mol. The molecule has 0 saturated carbocycles.